The van der Waals surface area contributed by atoms with E-state index in [1.807, 2.05) is 11.3 Å². The van der Waals surface area contributed by atoms with Gasteiger partial charge in [-0.15, -0.1) is 11.3 Å². The van der Waals surface area contributed by atoms with Crippen molar-refractivity contribution in [1.82, 2.24) is 9.88 Å². The lowest BCUT2D eigenvalue weighted by Gasteiger charge is -2.35. The molecule has 0 aliphatic carbocycles. The first-order valence-electron chi connectivity index (χ1n) is 6.77. The summed E-state index contributed by atoms with van der Waals surface area (Å²) < 4.78 is 0. The lowest BCUT2D eigenvalue weighted by Crippen LogP contribution is -2.49. The molecular weight excluding hydrogens is 244 g/mol. The maximum Gasteiger partial charge on any atom is 0.185 e. The summed E-state index contributed by atoms with van der Waals surface area (Å²) in [5, 5.41) is 1.18. The van der Waals surface area contributed by atoms with E-state index in [9.17, 15) is 0 Å². The molecule has 1 atom stereocenters. The number of rotatable bonds is 4. The molecule has 1 saturated heterocycles. The average molecular weight is 268 g/mol. The lowest BCUT2D eigenvalue weighted by molar-refractivity contribution is 0.240. The number of hydrogen-bond acceptors (Lipinski definition) is 5. The molecule has 2 N–H and O–H groups in total. The average Bonchev–Trinajstić information content (AvgIpc) is 2.70. The highest BCUT2D eigenvalue weighted by Gasteiger charge is 2.20. The van der Waals surface area contributed by atoms with Gasteiger partial charge in [0.1, 0.15) is 0 Å². The Kier molecular flexibility index (Phi) is 4.59. The van der Waals surface area contributed by atoms with Crippen molar-refractivity contribution in [3.8, 4) is 0 Å². The van der Waals surface area contributed by atoms with Crippen LogP contribution in [0.5, 0.6) is 0 Å². The number of nitrogens with zero attached hydrogens (tertiary/aromatic N) is 3. The normalized spacial score (nSPS) is 19.2. The molecule has 2 rings (SSSR count). The Balaban J connectivity index is 1.86. The van der Waals surface area contributed by atoms with Crippen molar-refractivity contribution in [3.63, 3.8) is 0 Å². The minimum Gasteiger partial charge on any atom is -0.346 e. The van der Waals surface area contributed by atoms with Gasteiger partial charge in [0.05, 0.1) is 5.69 Å². The first-order valence-corrected chi connectivity index (χ1v) is 7.58. The number of nitrogens with two attached hydrogens (primary N) is 1. The largest absolute Gasteiger partial charge is 0.346 e. The summed E-state index contributed by atoms with van der Waals surface area (Å²) in [5.41, 5.74) is 7.18. The van der Waals surface area contributed by atoms with Crippen LogP contribution in [0.2, 0.25) is 0 Å². The van der Waals surface area contributed by atoms with E-state index in [2.05, 4.69) is 35.6 Å². The molecule has 0 saturated carbocycles. The first-order chi connectivity index (χ1) is 8.60. The van der Waals surface area contributed by atoms with E-state index >= 15 is 0 Å². The van der Waals surface area contributed by atoms with Crippen molar-refractivity contribution in [3.05, 3.63) is 10.6 Å². The number of anilines is 1. The van der Waals surface area contributed by atoms with Crippen LogP contribution in [0.25, 0.3) is 0 Å². The third-order valence-electron chi connectivity index (χ3n) is 3.68. The summed E-state index contributed by atoms with van der Waals surface area (Å²) in [6.07, 6.45) is 1.06. The molecule has 1 fully saturated rings. The Labute approximate surface area is 114 Å². The van der Waals surface area contributed by atoms with Gasteiger partial charge in [0, 0.05) is 43.6 Å². The summed E-state index contributed by atoms with van der Waals surface area (Å²) in [4.78, 5) is 10.8. The zero-order chi connectivity index (χ0) is 13.1. The van der Waals surface area contributed by atoms with E-state index in [0.717, 1.165) is 39.1 Å². The Morgan fingerprint density at radius 1 is 1.28 bits per heavy atom. The summed E-state index contributed by atoms with van der Waals surface area (Å²) in [5.74, 6) is 0. The second-order valence-corrected chi connectivity index (χ2v) is 6.28. The van der Waals surface area contributed by atoms with E-state index in [-0.39, 0.29) is 0 Å². The smallest absolute Gasteiger partial charge is 0.185 e. The summed E-state index contributed by atoms with van der Waals surface area (Å²) in [7, 11) is 0. The summed E-state index contributed by atoms with van der Waals surface area (Å²) in [6, 6.07) is 0.320. The standard InChI is InChI=1S/C13H24N4S/c1-4-12(14)9-16-5-7-17(8-6-16)13-15-10(2)11(3)18-13/h12H,4-9,14H2,1-3H3. The molecular formula is C13H24N4S. The van der Waals surface area contributed by atoms with E-state index in [0.29, 0.717) is 6.04 Å². The maximum atomic E-state index is 6.01. The molecule has 0 amide bonds. The fourth-order valence-corrected chi connectivity index (χ4v) is 3.13. The van der Waals surface area contributed by atoms with Gasteiger partial charge in [0.25, 0.3) is 0 Å². The first kappa shape index (κ1) is 13.8. The van der Waals surface area contributed by atoms with Crippen LogP contribution in [0, 0.1) is 13.8 Å². The number of aromatic nitrogens is 1. The van der Waals surface area contributed by atoms with Gasteiger partial charge >= 0.3 is 0 Å². The second kappa shape index (κ2) is 5.99. The Morgan fingerprint density at radius 2 is 1.94 bits per heavy atom. The summed E-state index contributed by atoms with van der Waals surface area (Å²) in [6.45, 7) is 11.8. The third kappa shape index (κ3) is 3.22. The molecule has 2 heterocycles. The van der Waals surface area contributed by atoms with Crippen molar-refractivity contribution in [1.29, 1.82) is 0 Å². The zero-order valence-corrected chi connectivity index (χ0v) is 12.5. The van der Waals surface area contributed by atoms with Gasteiger partial charge in [0.2, 0.25) is 0 Å². The van der Waals surface area contributed by atoms with Gasteiger partial charge < -0.3 is 10.6 Å². The highest BCUT2D eigenvalue weighted by molar-refractivity contribution is 7.15. The van der Waals surface area contributed by atoms with E-state index in [4.69, 9.17) is 5.73 Å². The quantitative estimate of drug-likeness (QED) is 0.901. The van der Waals surface area contributed by atoms with Crippen LogP contribution in [0.4, 0.5) is 5.13 Å². The van der Waals surface area contributed by atoms with Crippen LogP contribution in [0.1, 0.15) is 23.9 Å². The fourth-order valence-electron chi connectivity index (χ4n) is 2.17. The number of thiazole rings is 1. The monoisotopic (exact) mass is 268 g/mol. The molecule has 1 aromatic heterocycles. The van der Waals surface area contributed by atoms with Crippen molar-refractivity contribution in [2.75, 3.05) is 37.6 Å². The number of piperazine rings is 1. The van der Waals surface area contributed by atoms with Crippen LogP contribution in [0.15, 0.2) is 0 Å². The van der Waals surface area contributed by atoms with Crippen molar-refractivity contribution in [2.24, 2.45) is 5.73 Å². The van der Waals surface area contributed by atoms with Gasteiger partial charge in [-0.05, 0) is 20.3 Å². The number of aryl methyl sites for hydroxylation is 2. The molecule has 5 heteroatoms. The van der Waals surface area contributed by atoms with Gasteiger partial charge in [-0.1, -0.05) is 6.92 Å². The molecule has 102 valence electrons. The van der Waals surface area contributed by atoms with Gasteiger partial charge in [-0.2, -0.15) is 0 Å². The molecule has 0 radical (unpaired) electrons. The second-order valence-electron chi connectivity index (χ2n) is 5.09. The van der Waals surface area contributed by atoms with E-state index < -0.39 is 0 Å². The lowest BCUT2D eigenvalue weighted by atomic mass is 10.2. The molecule has 1 aliphatic heterocycles. The molecule has 1 unspecified atom stereocenters. The van der Waals surface area contributed by atoms with Gasteiger partial charge in [0.15, 0.2) is 5.13 Å². The van der Waals surface area contributed by atoms with Crippen molar-refractivity contribution in [2.45, 2.75) is 33.2 Å². The minimum absolute atomic E-state index is 0.320. The molecule has 4 nitrogen and oxygen atoms in total. The fraction of sp³-hybridized carbons (Fsp3) is 0.769. The molecule has 0 bridgehead atoms. The van der Waals surface area contributed by atoms with E-state index in [1.165, 1.54) is 15.7 Å². The highest BCUT2D eigenvalue weighted by atomic mass is 32.1. The third-order valence-corrected chi connectivity index (χ3v) is 4.81. The van der Waals surface area contributed by atoms with Crippen LogP contribution in [-0.4, -0.2) is 48.6 Å². The predicted molar refractivity (Wildman–Crippen MR) is 78.5 cm³/mol. The van der Waals surface area contributed by atoms with Crippen LogP contribution in [0.3, 0.4) is 0 Å². The molecule has 0 spiro atoms. The maximum absolute atomic E-state index is 6.01. The highest BCUT2D eigenvalue weighted by Crippen LogP contribution is 2.25. The molecule has 18 heavy (non-hydrogen) atoms. The SMILES string of the molecule is CCC(N)CN1CCN(c2nc(C)c(C)s2)CC1. The Hall–Kier alpha value is -0.650. The number of hydrogen-bond donors (Lipinski definition) is 1. The predicted octanol–water partition coefficient (Wildman–Crippen LogP) is 1.62. The summed E-state index contributed by atoms with van der Waals surface area (Å²) >= 11 is 1.81. The van der Waals surface area contributed by atoms with Crippen LogP contribution >= 0.6 is 11.3 Å². The van der Waals surface area contributed by atoms with Gasteiger partial charge in [-0.3, -0.25) is 4.90 Å². The van der Waals surface area contributed by atoms with Crippen LogP contribution in [-0.2, 0) is 0 Å². The molecule has 1 aliphatic rings. The molecule has 0 aromatic carbocycles. The van der Waals surface area contributed by atoms with Crippen LogP contribution < -0.4 is 10.6 Å². The zero-order valence-electron chi connectivity index (χ0n) is 11.6. The van der Waals surface area contributed by atoms with Crippen molar-refractivity contribution >= 4 is 16.5 Å². The van der Waals surface area contributed by atoms with Gasteiger partial charge in [-0.25, -0.2) is 4.98 Å². The topological polar surface area (TPSA) is 45.4 Å². The minimum atomic E-state index is 0.320. The van der Waals surface area contributed by atoms with E-state index in [1.54, 1.807) is 0 Å². The Bertz CT molecular complexity index is 363. The van der Waals surface area contributed by atoms with Crippen molar-refractivity contribution < 1.29 is 0 Å². The molecule has 1 aromatic rings. The Morgan fingerprint density at radius 3 is 2.44 bits per heavy atom.